The fourth-order valence-electron chi connectivity index (χ4n) is 1.07. The van der Waals surface area contributed by atoms with Crippen LogP contribution in [0.4, 0.5) is 0 Å². The normalized spacial score (nSPS) is 32.7. The minimum absolute atomic E-state index is 0.0335. The maximum Gasteiger partial charge on any atom is 0.157 e. The van der Waals surface area contributed by atoms with E-state index in [2.05, 4.69) is 11.8 Å². The molecule has 0 atom stereocenters. The predicted molar refractivity (Wildman–Crippen MR) is 43.5 cm³/mol. The maximum atomic E-state index is 5.44. The molecule has 0 N–H and O–H groups in total. The van der Waals surface area contributed by atoms with Gasteiger partial charge in [-0.1, -0.05) is 6.92 Å². The third kappa shape index (κ3) is 2.43. The van der Waals surface area contributed by atoms with Crippen molar-refractivity contribution in [2.24, 2.45) is 0 Å². The first-order chi connectivity index (χ1) is 5.24. The zero-order valence-electron chi connectivity index (χ0n) is 7.54. The molecule has 1 saturated heterocycles. The first-order valence-corrected chi connectivity index (χ1v) is 4.13. The molecule has 1 rings (SSSR count). The van der Waals surface area contributed by atoms with Crippen LogP contribution in [0.15, 0.2) is 0 Å². The summed E-state index contributed by atoms with van der Waals surface area (Å²) in [6, 6.07) is 0.429. The number of hydrogen-bond donors (Lipinski definition) is 0. The summed E-state index contributed by atoms with van der Waals surface area (Å²) in [7, 11) is 4.09. The van der Waals surface area contributed by atoms with Gasteiger partial charge in [0, 0.05) is 0 Å². The van der Waals surface area contributed by atoms with Crippen molar-refractivity contribution in [3.63, 3.8) is 0 Å². The first-order valence-electron chi connectivity index (χ1n) is 4.13. The van der Waals surface area contributed by atoms with Gasteiger partial charge in [0.1, 0.15) is 0 Å². The molecule has 1 aliphatic heterocycles. The summed E-state index contributed by atoms with van der Waals surface area (Å²) in [5, 5.41) is 0. The Balaban J connectivity index is 2.24. The van der Waals surface area contributed by atoms with Crippen molar-refractivity contribution < 1.29 is 9.47 Å². The van der Waals surface area contributed by atoms with Crippen LogP contribution >= 0.6 is 0 Å². The van der Waals surface area contributed by atoms with Gasteiger partial charge in [-0.2, -0.15) is 0 Å². The molecule has 1 heterocycles. The van der Waals surface area contributed by atoms with Gasteiger partial charge in [-0.3, -0.25) is 0 Å². The van der Waals surface area contributed by atoms with Gasteiger partial charge in [0.05, 0.1) is 19.3 Å². The van der Waals surface area contributed by atoms with Crippen LogP contribution in [0.2, 0.25) is 0 Å². The van der Waals surface area contributed by atoms with E-state index in [1.165, 1.54) is 0 Å². The smallest absolute Gasteiger partial charge is 0.157 e. The summed E-state index contributed by atoms with van der Waals surface area (Å²) in [6.45, 7) is 3.66. The highest BCUT2D eigenvalue weighted by Gasteiger charge is 2.21. The molecule has 0 saturated carbocycles. The van der Waals surface area contributed by atoms with Crippen LogP contribution in [-0.2, 0) is 9.47 Å². The van der Waals surface area contributed by atoms with Crippen molar-refractivity contribution in [3.05, 3.63) is 0 Å². The Labute approximate surface area is 68.3 Å². The molecular weight excluding hydrogens is 142 g/mol. The van der Waals surface area contributed by atoms with E-state index < -0.39 is 0 Å². The van der Waals surface area contributed by atoms with Gasteiger partial charge >= 0.3 is 0 Å². The molecule has 0 amide bonds. The first kappa shape index (κ1) is 8.97. The molecule has 3 nitrogen and oxygen atoms in total. The highest BCUT2D eigenvalue weighted by atomic mass is 16.7. The Kier molecular flexibility index (Phi) is 3.30. The topological polar surface area (TPSA) is 21.7 Å². The summed E-state index contributed by atoms with van der Waals surface area (Å²) in [5.74, 6) is 0. The van der Waals surface area contributed by atoms with E-state index in [1.54, 1.807) is 0 Å². The molecular formula is C8H17NO2. The van der Waals surface area contributed by atoms with Gasteiger partial charge in [-0.05, 0) is 20.5 Å². The summed E-state index contributed by atoms with van der Waals surface area (Å²) in [5.41, 5.74) is 0. The van der Waals surface area contributed by atoms with E-state index in [-0.39, 0.29) is 6.29 Å². The Morgan fingerprint density at radius 1 is 1.27 bits per heavy atom. The SMILES string of the molecule is CCC1OCC(N(C)C)CO1. The molecule has 1 fully saturated rings. The number of rotatable bonds is 2. The second-order valence-electron chi connectivity index (χ2n) is 3.12. The molecule has 0 bridgehead atoms. The summed E-state index contributed by atoms with van der Waals surface area (Å²) < 4.78 is 10.9. The van der Waals surface area contributed by atoms with Gasteiger partial charge in [-0.25, -0.2) is 0 Å². The lowest BCUT2D eigenvalue weighted by atomic mass is 10.3. The third-order valence-electron chi connectivity index (χ3n) is 2.01. The highest BCUT2D eigenvalue weighted by Crippen LogP contribution is 2.10. The van der Waals surface area contributed by atoms with E-state index in [4.69, 9.17) is 9.47 Å². The van der Waals surface area contributed by atoms with Crippen LogP contribution in [0.25, 0.3) is 0 Å². The number of likely N-dealkylation sites (N-methyl/N-ethyl adjacent to an activating group) is 1. The van der Waals surface area contributed by atoms with Crippen molar-refractivity contribution in [1.82, 2.24) is 4.90 Å². The molecule has 0 aromatic carbocycles. The van der Waals surface area contributed by atoms with Crippen molar-refractivity contribution in [3.8, 4) is 0 Å². The van der Waals surface area contributed by atoms with Gasteiger partial charge < -0.3 is 14.4 Å². The van der Waals surface area contributed by atoms with Crippen LogP contribution in [0.3, 0.4) is 0 Å². The molecule has 0 aromatic rings. The maximum absolute atomic E-state index is 5.44. The second-order valence-corrected chi connectivity index (χ2v) is 3.12. The number of nitrogens with zero attached hydrogens (tertiary/aromatic N) is 1. The number of hydrogen-bond acceptors (Lipinski definition) is 3. The third-order valence-corrected chi connectivity index (χ3v) is 2.01. The lowest BCUT2D eigenvalue weighted by Gasteiger charge is -2.32. The number of ether oxygens (including phenoxy) is 2. The van der Waals surface area contributed by atoms with E-state index >= 15 is 0 Å². The van der Waals surface area contributed by atoms with E-state index in [9.17, 15) is 0 Å². The minimum atomic E-state index is 0.0335. The van der Waals surface area contributed by atoms with Crippen molar-refractivity contribution >= 4 is 0 Å². The zero-order chi connectivity index (χ0) is 8.27. The highest BCUT2D eigenvalue weighted by molar-refractivity contribution is 4.68. The molecule has 0 radical (unpaired) electrons. The van der Waals surface area contributed by atoms with Crippen molar-refractivity contribution in [1.29, 1.82) is 0 Å². The van der Waals surface area contributed by atoms with Crippen LogP contribution in [0, 0.1) is 0 Å². The van der Waals surface area contributed by atoms with E-state index in [0.717, 1.165) is 19.6 Å². The van der Waals surface area contributed by atoms with Gasteiger partial charge in [0.2, 0.25) is 0 Å². The molecule has 0 unspecified atom stereocenters. The molecule has 0 spiro atoms. The van der Waals surface area contributed by atoms with Crippen LogP contribution in [-0.4, -0.2) is 44.5 Å². The zero-order valence-corrected chi connectivity index (χ0v) is 7.54. The quantitative estimate of drug-likeness (QED) is 0.592. The molecule has 11 heavy (non-hydrogen) atoms. The lowest BCUT2D eigenvalue weighted by Crippen LogP contribution is -2.43. The van der Waals surface area contributed by atoms with E-state index in [0.29, 0.717) is 6.04 Å². The Morgan fingerprint density at radius 3 is 2.18 bits per heavy atom. The van der Waals surface area contributed by atoms with Crippen molar-refractivity contribution in [2.45, 2.75) is 25.7 Å². The van der Waals surface area contributed by atoms with E-state index in [1.807, 2.05) is 14.1 Å². The monoisotopic (exact) mass is 159 g/mol. The summed E-state index contributed by atoms with van der Waals surface area (Å²) in [4.78, 5) is 2.13. The molecule has 3 heteroatoms. The Bertz CT molecular complexity index is 109. The average molecular weight is 159 g/mol. The molecule has 0 aromatic heterocycles. The molecule has 1 aliphatic rings. The van der Waals surface area contributed by atoms with Gasteiger partial charge in [-0.15, -0.1) is 0 Å². The van der Waals surface area contributed by atoms with Crippen LogP contribution < -0.4 is 0 Å². The Morgan fingerprint density at radius 2 is 1.82 bits per heavy atom. The largest absolute Gasteiger partial charge is 0.351 e. The standard InChI is InChI=1S/C8H17NO2/c1-4-8-10-5-7(6-11-8)9(2)3/h7-8H,4-6H2,1-3H3. The van der Waals surface area contributed by atoms with Crippen LogP contribution in [0.1, 0.15) is 13.3 Å². The van der Waals surface area contributed by atoms with Gasteiger partial charge in [0.25, 0.3) is 0 Å². The van der Waals surface area contributed by atoms with Crippen LogP contribution in [0.5, 0.6) is 0 Å². The van der Waals surface area contributed by atoms with Crippen molar-refractivity contribution in [2.75, 3.05) is 27.3 Å². The summed E-state index contributed by atoms with van der Waals surface area (Å²) in [6.07, 6.45) is 0.978. The molecule has 0 aliphatic carbocycles. The fraction of sp³-hybridized carbons (Fsp3) is 1.00. The molecule has 66 valence electrons. The Hall–Kier alpha value is -0.120. The minimum Gasteiger partial charge on any atom is -0.351 e. The fourth-order valence-corrected chi connectivity index (χ4v) is 1.07. The summed E-state index contributed by atoms with van der Waals surface area (Å²) >= 11 is 0. The second kappa shape index (κ2) is 4.04. The lowest BCUT2D eigenvalue weighted by molar-refractivity contribution is -0.201. The average Bonchev–Trinajstić information content (AvgIpc) is 2.05. The predicted octanol–water partition coefficient (Wildman–Crippen LogP) is 0.700. The van der Waals surface area contributed by atoms with Gasteiger partial charge in [0.15, 0.2) is 6.29 Å².